The Bertz CT molecular complexity index is 292. The first-order valence-electron chi connectivity index (χ1n) is 4.21. The molecule has 0 saturated carbocycles. The zero-order chi connectivity index (χ0) is 9.84. The van der Waals surface area contributed by atoms with Gasteiger partial charge in [0.2, 0.25) is 0 Å². The maximum Gasteiger partial charge on any atom is 0.271 e. The molecule has 70 valence electrons. The van der Waals surface area contributed by atoms with E-state index >= 15 is 0 Å². The summed E-state index contributed by atoms with van der Waals surface area (Å²) < 4.78 is 0. The monoisotopic (exact) mass is 179 g/mol. The van der Waals surface area contributed by atoms with Crippen molar-refractivity contribution in [2.75, 3.05) is 7.05 Å². The first kappa shape index (κ1) is 9.64. The molecule has 0 atom stereocenters. The molecule has 4 heteroatoms. The number of amides is 1. The van der Waals surface area contributed by atoms with E-state index in [0.717, 1.165) is 5.69 Å². The highest BCUT2D eigenvalue weighted by molar-refractivity contribution is 5.91. The van der Waals surface area contributed by atoms with Gasteiger partial charge in [0.05, 0.1) is 5.69 Å². The molecular weight excluding hydrogens is 166 g/mol. The smallest absolute Gasteiger partial charge is 0.271 e. The fourth-order valence-corrected chi connectivity index (χ4v) is 0.900. The molecule has 0 saturated heterocycles. The highest BCUT2D eigenvalue weighted by Crippen LogP contribution is 2.09. The number of carbonyl (C=O) groups excluding carboxylic acids is 1. The number of aromatic nitrogens is 2. The van der Waals surface area contributed by atoms with Gasteiger partial charge in [0.1, 0.15) is 0 Å². The topological polar surface area (TPSA) is 54.9 Å². The number of rotatable bonds is 2. The summed E-state index contributed by atoms with van der Waals surface area (Å²) in [6, 6.07) is 3.50. The molecule has 0 radical (unpaired) electrons. The SMILES string of the molecule is CNC(=O)c1ccc(C(C)C)nn1. The van der Waals surface area contributed by atoms with Crippen LogP contribution in [0.1, 0.15) is 35.9 Å². The summed E-state index contributed by atoms with van der Waals surface area (Å²) in [5, 5.41) is 10.2. The van der Waals surface area contributed by atoms with Crippen molar-refractivity contribution in [3.63, 3.8) is 0 Å². The van der Waals surface area contributed by atoms with Crippen LogP contribution in [0.3, 0.4) is 0 Å². The third-order valence-electron chi connectivity index (χ3n) is 1.74. The van der Waals surface area contributed by atoms with E-state index in [2.05, 4.69) is 15.5 Å². The molecule has 0 unspecified atom stereocenters. The second-order valence-electron chi connectivity index (χ2n) is 3.08. The Morgan fingerprint density at radius 3 is 2.46 bits per heavy atom. The van der Waals surface area contributed by atoms with Gasteiger partial charge in [-0.2, -0.15) is 5.10 Å². The van der Waals surface area contributed by atoms with Crippen LogP contribution in [0.2, 0.25) is 0 Å². The summed E-state index contributed by atoms with van der Waals surface area (Å²) in [5.41, 5.74) is 1.25. The average Bonchev–Trinajstić information content (AvgIpc) is 2.17. The van der Waals surface area contributed by atoms with Crippen molar-refractivity contribution in [1.29, 1.82) is 0 Å². The second kappa shape index (κ2) is 3.98. The van der Waals surface area contributed by atoms with Gasteiger partial charge < -0.3 is 5.32 Å². The molecule has 0 aromatic carbocycles. The van der Waals surface area contributed by atoms with Crippen LogP contribution in [0.4, 0.5) is 0 Å². The van der Waals surface area contributed by atoms with Gasteiger partial charge >= 0.3 is 0 Å². The van der Waals surface area contributed by atoms with Crippen LogP contribution < -0.4 is 5.32 Å². The zero-order valence-electron chi connectivity index (χ0n) is 8.03. The van der Waals surface area contributed by atoms with Gasteiger partial charge in [0.15, 0.2) is 5.69 Å². The Hall–Kier alpha value is -1.45. The standard InChI is InChI=1S/C9H13N3O/c1-6(2)7-4-5-8(12-11-7)9(13)10-3/h4-6H,1-3H3,(H,10,13). The number of hydrogen-bond acceptors (Lipinski definition) is 3. The van der Waals surface area contributed by atoms with E-state index in [1.165, 1.54) is 0 Å². The number of hydrogen-bond donors (Lipinski definition) is 1. The van der Waals surface area contributed by atoms with Crippen molar-refractivity contribution in [2.24, 2.45) is 0 Å². The Morgan fingerprint density at radius 1 is 1.38 bits per heavy atom. The van der Waals surface area contributed by atoms with Crippen LogP contribution in [0.15, 0.2) is 12.1 Å². The van der Waals surface area contributed by atoms with E-state index in [1.54, 1.807) is 13.1 Å². The molecule has 0 spiro atoms. The van der Waals surface area contributed by atoms with Gasteiger partial charge in [-0.3, -0.25) is 4.79 Å². The first-order valence-corrected chi connectivity index (χ1v) is 4.21. The minimum Gasteiger partial charge on any atom is -0.354 e. The molecule has 1 aromatic heterocycles. The van der Waals surface area contributed by atoms with E-state index < -0.39 is 0 Å². The van der Waals surface area contributed by atoms with E-state index in [1.807, 2.05) is 19.9 Å². The molecule has 0 aliphatic heterocycles. The molecular formula is C9H13N3O. The summed E-state index contributed by atoms with van der Waals surface area (Å²) in [5.74, 6) is 0.133. The molecule has 1 heterocycles. The fraction of sp³-hybridized carbons (Fsp3) is 0.444. The molecule has 13 heavy (non-hydrogen) atoms. The van der Waals surface area contributed by atoms with Gasteiger partial charge in [-0.15, -0.1) is 5.10 Å². The molecule has 0 aliphatic rings. The number of nitrogens with zero attached hydrogens (tertiary/aromatic N) is 2. The quantitative estimate of drug-likeness (QED) is 0.735. The molecule has 0 bridgehead atoms. The van der Waals surface area contributed by atoms with Gasteiger partial charge in [-0.05, 0) is 18.1 Å². The largest absolute Gasteiger partial charge is 0.354 e. The lowest BCUT2D eigenvalue weighted by atomic mass is 10.1. The first-order chi connectivity index (χ1) is 6.15. The minimum absolute atomic E-state index is 0.206. The summed E-state index contributed by atoms with van der Waals surface area (Å²) in [4.78, 5) is 11.1. The Kier molecular flexibility index (Phi) is 2.95. The molecule has 4 nitrogen and oxygen atoms in total. The Balaban J connectivity index is 2.87. The molecule has 1 amide bonds. The third-order valence-corrected chi connectivity index (χ3v) is 1.74. The van der Waals surface area contributed by atoms with Gasteiger partial charge in [0.25, 0.3) is 5.91 Å². The lowest BCUT2D eigenvalue weighted by Crippen LogP contribution is -2.19. The molecule has 1 rings (SSSR count). The van der Waals surface area contributed by atoms with Crippen LogP contribution in [-0.2, 0) is 0 Å². The van der Waals surface area contributed by atoms with E-state index in [9.17, 15) is 4.79 Å². The molecule has 1 aromatic rings. The maximum atomic E-state index is 11.1. The van der Waals surface area contributed by atoms with Crippen molar-refractivity contribution in [3.8, 4) is 0 Å². The average molecular weight is 179 g/mol. The summed E-state index contributed by atoms with van der Waals surface area (Å²) in [6.07, 6.45) is 0. The fourth-order valence-electron chi connectivity index (χ4n) is 0.900. The van der Waals surface area contributed by atoms with Crippen molar-refractivity contribution >= 4 is 5.91 Å². The lowest BCUT2D eigenvalue weighted by Gasteiger charge is -2.03. The van der Waals surface area contributed by atoms with Crippen molar-refractivity contribution in [2.45, 2.75) is 19.8 Å². The number of nitrogens with one attached hydrogen (secondary N) is 1. The summed E-state index contributed by atoms with van der Waals surface area (Å²) in [6.45, 7) is 4.06. The van der Waals surface area contributed by atoms with E-state index in [4.69, 9.17) is 0 Å². The van der Waals surface area contributed by atoms with E-state index in [-0.39, 0.29) is 5.91 Å². The normalized spacial score (nSPS) is 10.2. The molecule has 0 fully saturated rings. The van der Waals surface area contributed by atoms with Gasteiger partial charge in [-0.1, -0.05) is 13.8 Å². The predicted molar refractivity (Wildman–Crippen MR) is 49.5 cm³/mol. The Labute approximate surface area is 77.4 Å². The van der Waals surface area contributed by atoms with Crippen molar-refractivity contribution < 1.29 is 4.79 Å². The lowest BCUT2D eigenvalue weighted by molar-refractivity contribution is 0.0957. The highest BCUT2D eigenvalue weighted by Gasteiger charge is 2.06. The van der Waals surface area contributed by atoms with Gasteiger partial charge in [0, 0.05) is 7.05 Å². The molecule has 0 aliphatic carbocycles. The van der Waals surface area contributed by atoms with Crippen LogP contribution in [-0.4, -0.2) is 23.2 Å². The summed E-state index contributed by atoms with van der Waals surface area (Å²) in [7, 11) is 1.57. The van der Waals surface area contributed by atoms with Gasteiger partial charge in [-0.25, -0.2) is 0 Å². The van der Waals surface area contributed by atoms with Crippen molar-refractivity contribution in [1.82, 2.24) is 15.5 Å². The summed E-state index contributed by atoms with van der Waals surface area (Å²) >= 11 is 0. The van der Waals surface area contributed by atoms with Crippen LogP contribution in [0.25, 0.3) is 0 Å². The van der Waals surface area contributed by atoms with Crippen LogP contribution in [0.5, 0.6) is 0 Å². The Morgan fingerprint density at radius 2 is 2.08 bits per heavy atom. The maximum absolute atomic E-state index is 11.1. The van der Waals surface area contributed by atoms with Crippen LogP contribution >= 0.6 is 0 Å². The van der Waals surface area contributed by atoms with Crippen LogP contribution in [0, 0.1) is 0 Å². The second-order valence-corrected chi connectivity index (χ2v) is 3.08. The number of carbonyl (C=O) groups is 1. The van der Waals surface area contributed by atoms with Crippen molar-refractivity contribution in [3.05, 3.63) is 23.5 Å². The zero-order valence-corrected chi connectivity index (χ0v) is 8.03. The highest BCUT2D eigenvalue weighted by atomic mass is 16.1. The predicted octanol–water partition coefficient (Wildman–Crippen LogP) is 0.960. The van der Waals surface area contributed by atoms with E-state index in [0.29, 0.717) is 11.6 Å². The minimum atomic E-state index is -0.206. The molecule has 1 N–H and O–H groups in total. The third kappa shape index (κ3) is 2.24.